The zero-order chi connectivity index (χ0) is 18.4. The second kappa shape index (κ2) is 8.30. The predicted octanol–water partition coefficient (Wildman–Crippen LogP) is 3.98. The average molecular weight is 346 g/mol. The van der Waals surface area contributed by atoms with E-state index in [2.05, 4.69) is 16.4 Å². The number of ether oxygens (including phenoxy) is 1. The van der Waals surface area contributed by atoms with E-state index in [1.54, 1.807) is 12.4 Å². The number of carbonyl (C=O) groups is 1. The number of rotatable bonds is 6. The Hall–Kier alpha value is -3.14. The highest BCUT2D eigenvalue weighted by Gasteiger charge is 2.17. The summed E-state index contributed by atoms with van der Waals surface area (Å²) in [5.74, 6) is 0.535. The maximum atomic E-state index is 12.5. The number of pyridine rings is 1. The number of aryl methyl sites for hydroxylation is 2. The third-order valence-electron chi connectivity index (χ3n) is 4.04. The van der Waals surface area contributed by atoms with Crippen molar-refractivity contribution in [3.63, 3.8) is 0 Å². The van der Waals surface area contributed by atoms with Gasteiger partial charge in [0.05, 0.1) is 6.04 Å². The van der Waals surface area contributed by atoms with E-state index in [4.69, 9.17) is 4.74 Å². The van der Waals surface area contributed by atoms with E-state index in [0.29, 0.717) is 5.75 Å². The van der Waals surface area contributed by atoms with Gasteiger partial charge in [0, 0.05) is 12.4 Å². The SMILES string of the molecule is Cc1cc(C)cc(OCC(=O)N[C@@H](c2ccccc2)c2ccncc2)c1. The van der Waals surface area contributed by atoms with Gasteiger partial charge in [-0.1, -0.05) is 36.4 Å². The van der Waals surface area contributed by atoms with Gasteiger partial charge >= 0.3 is 0 Å². The molecule has 1 aromatic heterocycles. The predicted molar refractivity (Wildman–Crippen MR) is 102 cm³/mol. The Morgan fingerprint density at radius 2 is 1.58 bits per heavy atom. The summed E-state index contributed by atoms with van der Waals surface area (Å²) in [7, 11) is 0. The summed E-state index contributed by atoms with van der Waals surface area (Å²) in [5, 5.41) is 3.06. The molecule has 2 aromatic carbocycles. The lowest BCUT2D eigenvalue weighted by molar-refractivity contribution is -0.123. The molecule has 4 nitrogen and oxygen atoms in total. The van der Waals surface area contributed by atoms with E-state index >= 15 is 0 Å². The fourth-order valence-electron chi connectivity index (χ4n) is 2.93. The van der Waals surface area contributed by atoms with E-state index in [0.717, 1.165) is 22.3 Å². The lowest BCUT2D eigenvalue weighted by Gasteiger charge is -2.20. The van der Waals surface area contributed by atoms with Gasteiger partial charge in [0.1, 0.15) is 5.75 Å². The second-order valence-electron chi connectivity index (χ2n) is 6.30. The summed E-state index contributed by atoms with van der Waals surface area (Å²) >= 11 is 0. The van der Waals surface area contributed by atoms with E-state index in [9.17, 15) is 4.79 Å². The van der Waals surface area contributed by atoms with Crippen LogP contribution in [0.3, 0.4) is 0 Å². The molecular formula is C22H22N2O2. The van der Waals surface area contributed by atoms with E-state index < -0.39 is 0 Å². The van der Waals surface area contributed by atoms with Gasteiger partial charge in [0.2, 0.25) is 0 Å². The van der Waals surface area contributed by atoms with Crippen molar-refractivity contribution in [1.82, 2.24) is 10.3 Å². The summed E-state index contributed by atoms with van der Waals surface area (Å²) < 4.78 is 5.68. The number of aromatic nitrogens is 1. The largest absolute Gasteiger partial charge is 0.484 e. The smallest absolute Gasteiger partial charge is 0.258 e. The van der Waals surface area contributed by atoms with Crippen molar-refractivity contribution < 1.29 is 9.53 Å². The monoisotopic (exact) mass is 346 g/mol. The standard InChI is InChI=1S/C22H22N2O2/c1-16-12-17(2)14-20(13-16)26-15-21(25)24-22(18-6-4-3-5-7-18)19-8-10-23-11-9-19/h3-14,22H,15H2,1-2H3,(H,24,25)/t22-/m0/s1. The highest BCUT2D eigenvalue weighted by molar-refractivity contribution is 5.78. The molecule has 0 aliphatic heterocycles. The van der Waals surface area contributed by atoms with Gasteiger partial charge < -0.3 is 10.1 Å². The molecule has 0 fully saturated rings. The van der Waals surface area contributed by atoms with E-state index in [1.807, 2.05) is 68.4 Å². The Balaban J connectivity index is 1.71. The molecule has 1 N–H and O–H groups in total. The van der Waals surface area contributed by atoms with Crippen molar-refractivity contribution in [2.24, 2.45) is 0 Å². The molecule has 1 amide bonds. The molecule has 0 saturated carbocycles. The normalized spacial score (nSPS) is 11.6. The first-order valence-corrected chi connectivity index (χ1v) is 8.57. The minimum Gasteiger partial charge on any atom is -0.484 e. The molecule has 0 saturated heterocycles. The van der Waals surface area contributed by atoms with Crippen LogP contribution in [0.1, 0.15) is 28.3 Å². The quantitative estimate of drug-likeness (QED) is 0.734. The van der Waals surface area contributed by atoms with E-state index in [-0.39, 0.29) is 18.6 Å². The molecule has 1 heterocycles. The van der Waals surface area contributed by atoms with Crippen molar-refractivity contribution in [3.8, 4) is 5.75 Å². The van der Waals surface area contributed by atoms with Crippen LogP contribution in [-0.2, 0) is 4.79 Å². The van der Waals surface area contributed by atoms with Crippen molar-refractivity contribution in [2.45, 2.75) is 19.9 Å². The van der Waals surface area contributed by atoms with Crippen molar-refractivity contribution in [3.05, 3.63) is 95.3 Å². The van der Waals surface area contributed by atoms with Crippen LogP contribution in [0, 0.1) is 13.8 Å². The molecule has 0 bridgehead atoms. The Bertz CT molecular complexity index is 804. The van der Waals surface area contributed by atoms with Crippen LogP contribution in [0.5, 0.6) is 5.75 Å². The zero-order valence-electron chi connectivity index (χ0n) is 15.0. The van der Waals surface area contributed by atoms with E-state index in [1.165, 1.54) is 0 Å². The Labute approximate surface area is 153 Å². The van der Waals surface area contributed by atoms with Crippen molar-refractivity contribution >= 4 is 5.91 Å². The topological polar surface area (TPSA) is 51.2 Å². The van der Waals surface area contributed by atoms with Gasteiger partial charge in [0.15, 0.2) is 6.61 Å². The number of carbonyl (C=O) groups excluding carboxylic acids is 1. The second-order valence-corrected chi connectivity index (χ2v) is 6.30. The zero-order valence-corrected chi connectivity index (χ0v) is 15.0. The fourth-order valence-corrected chi connectivity index (χ4v) is 2.93. The fraction of sp³-hybridized carbons (Fsp3) is 0.182. The molecule has 1 atom stereocenters. The molecule has 132 valence electrons. The molecule has 0 spiro atoms. The number of amides is 1. The molecule has 0 aliphatic rings. The van der Waals surface area contributed by atoms with Crippen LogP contribution >= 0.6 is 0 Å². The summed E-state index contributed by atoms with van der Waals surface area (Å²) in [6, 6.07) is 19.4. The number of nitrogens with zero attached hydrogens (tertiary/aromatic N) is 1. The van der Waals surface area contributed by atoms with Gasteiger partial charge in [-0.05, 0) is 60.4 Å². The summed E-state index contributed by atoms with van der Waals surface area (Å²) in [5.41, 5.74) is 4.21. The Morgan fingerprint density at radius 3 is 2.23 bits per heavy atom. The van der Waals surface area contributed by atoms with Gasteiger partial charge in [0.25, 0.3) is 5.91 Å². The summed E-state index contributed by atoms with van der Waals surface area (Å²) in [6.07, 6.45) is 3.45. The van der Waals surface area contributed by atoms with Crippen molar-refractivity contribution in [2.75, 3.05) is 6.61 Å². The first kappa shape index (κ1) is 17.7. The summed E-state index contributed by atoms with van der Waals surface area (Å²) in [4.78, 5) is 16.5. The molecule has 3 rings (SSSR count). The molecule has 4 heteroatoms. The third-order valence-corrected chi connectivity index (χ3v) is 4.04. The number of hydrogen-bond donors (Lipinski definition) is 1. The average Bonchev–Trinajstić information content (AvgIpc) is 2.65. The molecule has 26 heavy (non-hydrogen) atoms. The first-order chi connectivity index (χ1) is 12.6. The van der Waals surface area contributed by atoms with Crippen LogP contribution in [0.25, 0.3) is 0 Å². The van der Waals surface area contributed by atoms with Gasteiger partial charge in [-0.15, -0.1) is 0 Å². The van der Waals surface area contributed by atoms with Gasteiger partial charge in [-0.3, -0.25) is 9.78 Å². The molecule has 3 aromatic rings. The highest BCUT2D eigenvalue weighted by atomic mass is 16.5. The Kier molecular flexibility index (Phi) is 5.64. The van der Waals surface area contributed by atoms with Crippen LogP contribution in [0.4, 0.5) is 0 Å². The third kappa shape index (κ3) is 4.70. The van der Waals surface area contributed by atoms with Gasteiger partial charge in [-0.25, -0.2) is 0 Å². The number of benzene rings is 2. The lowest BCUT2D eigenvalue weighted by atomic mass is 10.00. The van der Waals surface area contributed by atoms with Crippen LogP contribution < -0.4 is 10.1 Å². The van der Waals surface area contributed by atoms with Crippen LogP contribution in [0.2, 0.25) is 0 Å². The molecular weight excluding hydrogens is 324 g/mol. The Morgan fingerprint density at radius 1 is 0.962 bits per heavy atom. The number of hydrogen-bond acceptors (Lipinski definition) is 3. The number of nitrogens with one attached hydrogen (secondary N) is 1. The van der Waals surface area contributed by atoms with Crippen LogP contribution in [0.15, 0.2) is 73.1 Å². The highest BCUT2D eigenvalue weighted by Crippen LogP contribution is 2.21. The maximum absolute atomic E-state index is 12.5. The lowest BCUT2D eigenvalue weighted by Crippen LogP contribution is -2.33. The maximum Gasteiger partial charge on any atom is 0.258 e. The molecule has 0 aliphatic carbocycles. The first-order valence-electron chi connectivity index (χ1n) is 8.57. The van der Waals surface area contributed by atoms with Crippen molar-refractivity contribution in [1.29, 1.82) is 0 Å². The molecule has 0 unspecified atom stereocenters. The minimum absolute atomic E-state index is 0.0304. The molecule has 0 radical (unpaired) electrons. The summed E-state index contributed by atoms with van der Waals surface area (Å²) in [6.45, 7) is 3.99. The minimum atomic E-state index is -0.241. The van der Waals surface area contributed by atoms with Gasteiger partial charge in [-0.2, -0.15) is 0 Å². The van der Waals surface area contributed by atoms with Crippen LogP contribution in [-0.4, -0.2) is 17.5 Å².